The molecule has 0 unspecified atom stereocenters. The highest BCUT2D eigenvalue weighted by atomic mass is 32.1. The minimum absolute atomic E-state index is 0.0490. The predicted molar refractivity (Wildman–Crippen MR) is 118 cm³/mol. The van der Waals surface area contributed by atoms with Gasteiger partial charge in [-0.25, -0.2) is 4.39 Å². The number of aliphatic carboxylic acids is 1. The number of amides is 2. The number of carboxylic acids is 1. The number of carboxylic acid groups (broad SMARTS) is 1. The number of carbonyl (C=O) groups is 3. The van der Waals surface area contributed by atoms with Crippen LogP contribution in [0.5, 0.6) is 0 Å². The molecule has 0 fully saturated rings. The van der Waals surface area contributed by atoms with E-state index in [1.54, 1.807) is 24.3 Å². The van der Waals surface area contributed by atoms with Crippen LogP contribution in [0.25, 0.3) is 10.6 Å². The van der Waals surface area contributed by atoms with Gasteiger partial charge in [-0.1, -0.05) is 48.9 Å². The van der Waals surface area contributed by atoms with Gasteiger partial charge in [0.25, 0.3) is 11.8 Å². The topological polar surface area (TPSA) is 121 Å². The zero-order valence-electron chi connectivity index (χ0n) is 17.2. The molecule has 0 radical (unpaired) electrons. The minimum Gasteiger partial charge on any atom is -0.480 e. The van der Waals surface area contributed by atoms with Crippen LogP contribution in [0, 0.1) is 5.82 Å². The van der Waals surface area contributed by atoms with Gasteiger partial charge >= 0.3 is 5.97 Å². The van der Waals surface area contributed by atoms with Crippen molar-refractivity contribution in [1.29, 1.82) is 0 Å². The molecular formula is C22H21FN4O4S. The van der Waals surface area contributed by atoms with Crippen LogP contribution >= 0.6 is 11.3 Å². The molecule has 0 bridgehead atoms. The Kier molecular flexibility index (Phi) is 7.61. The number of hydrogen-bond donors (Lipinski definition) is 3. The van der Waals surface area contributed by atoms with Crippen molar-refractivity contribution in [2.75, 3.05) is 11.9 Å². The van der Waals surface area contributed by atoms with Crippen LogP contribution < -0.4 is 10.6 Å². The first-order valence-corrected chi connectivity index (χ1v) is 10.7. The van der Waals surface area contributed by atoms with Gasteiger partial charge in [0.2, 0.25) is 5.13 Å². The van der Waals surface area contributed by atoms with Crippen molar-refractivity contribution in [3.8, 4) is 10.6 Å². The average molecular weight is 456 g/mol. The summed E-state index contributed by atoms with van der Waals surface area (Å²) in [4.78, 5) is 35.0. The Hall–Kier alpha value is -3.66. The summed E-state index contributed by atoms with van der Waals surface area (Å²) in [7, 11) is 0. The molecule has 32 heavy (non-hydrogen) atoms. The second-order valence-corrected chi connectivity index (χ2v) is 7.88. The maximum atomic E-state index is 14.7. The molecule has 0 aliphatic carbocycles. The first-order valence-electron chi connectivity index (χ1n) is 9.91. The molecule has 0 atom stereocenters. The Morgan fingerprint density at radius 3 is 2.50 bits per heavy atom. The van der Waals surface area contributed by atoms with Crippen molar-refractivity contribution in [2.24, 2.45) is 0 Å². The molecule has 1 aromatic heterocycles. The van der Waals surface area contributed by atoms with Crippen LogP contribution in [0.4, 0.5) is 9.52 Å². The Bertz CT molecular complexity index is 1130. The van der Waals surface area contributed by atoms with Gasteiger partial charge in [0, 0.05) is 11.1 Å². The average Bonchev–Trinajstić information content (AvgIpc) is 3.25. The zero-order chi connectivity index (χ0) is 23.1. The van der Waals surface area contributed by atoms with Gasteiger partial charge in [0.15, 0.2) is 0 Å². The summed E-state index contributed by atoms with van der Waals surface area (Å²) >= 11 is 1.11. The van der Waals surface area contributed by atoms with Crippen molar-refractivity contribution in [3.05, 3.63) is 65.0 Å². The number of rotatable bonds is 9. The van der Waals surface area contributed by atoms with Gasteiger partial charge in [-0.2, -0.15) is 0 Å². The van der Waals surface area contributed by atoms with E-state index < -0.39 is 30.1 Å². The number of unbranched alkanes of at least 4 members (excludes halogenated alkanes) is 1. The number of benzene rings is 2. The molecule has 3 aromatic rings. The van der Waals surface area contributed by atoms with E-state index in [-0.39, 0.29) is 10.7 Å². The number of aryl methyl sites for hydroxylation is 1. The maximum Gasteiger partial charge on any atom is 0.322 e. The number of anilines is 1. The highest BCUT2D eigenvalue weighted by Crippen LogP contribution is 2.27. The molecule has 10 heteroatoms. The number of aromatic nitrogens is 2. The summed E-state index contributed by atoms with van der Waals surface area (Å²) in [6, 6.07) is 11.1. The van der Waals surface area contributed by atoms with E-state index in [2.05, 4.69) is 20.8 Å². The third-order valence-corrected chi connectivity index (χ3v) is 5.45. The summed E-state index contributed by atoms with van der Waals surface area (Å²) in [6.07, 6.45) is 2.33. The standard InChI is InChI=1S/C22H21FN4O4S/c1-2-3-5-13-6-4-7-16(18(13)23)20(31)25-22-27-26-21(32-22)15-10-8-14(9-11-15)19(30)24-12-17(28)29/h4,6-11H,2-3,5,12H2,1H3,(H,24,30)(H,28,29)(H,25,27,31). The van der Waals surface area contributed by atoms with E-state index in [1.807, 2.05) is 6.92 Å². The lowest BCUT2D eigenvalue weighted by molar-refractivity contribution is -0.135. The van der Waals surface area contributed by atoms with Gasteiger partial charge < -0.3 is 10.4 Å². The van der Waals surface area contributed by atoms with Crippen LogP contribution in [0.3, 0.4) is 0 Å². The van der Waals surface area contributed by atoms with Crippen LogP contribution in [0.2, 0.25) is 0 Å². The molecule has 1 heterocycles. The number of nitrogens with zero attached hydrogens (tertiary/aromatic N) is 2. The predicted octanol–water partition coefficient (Wildman–Crippen LogP) is 3.75. The molecule has 0 saturated heterocycles. The lowest BCUT2D eigenvalue weighted by Crippen LogP contribution is -2.29. The Morgan fingerprint density at radius 2 is 1.81 bits per heavy atom. The first kappa shape index (κ1) is 23.0. The lowest BCUT2D eigenvalue weighted by Gasteiger charge is -2.07. The fourth-order valence-electron chi connectivity index (χ4n) is 2.89. The van der Waals surface area contributed by atoms with Crippen LogP contribution in [0.1, 0.15) is 46.0 Å². The smallest absolute Gasteiger partial charge is 0.322 e. The number of halogens is 1. The molecule has 166 valence electrons. The fraction of sp³-hybridized carbons (Fsp3) is 0.227. The van der Waals surface area contributed by atoms with Crippen molar-refractivity contribution in [2.45, 2.75) is 26.2 Å². The molecule has 0 aliphatic heterocycles. The summed E-state index contributed by atoms with van der Waals surface area (Å²) in [5, 5.41) is 22.2. The molecule has 0 saturated carbocycles. The summed E-state index contributed by atoms with van der Waals surface area (Å²) in [5.74, 6) is -2.77. The van der Waals surface area contributed by atoms with Crippen molar-refractivity contribution < 1.29 is 23.9 Å². The normalized spacial score (nSPS) is 10.6. The van der Waals surface area contributed by atoms with E-state index in [0.717, 1.165) is 24.2 Å². The van der Waals surface area contributed by atoms with Gasteiger partial charge in [-0.3, -0.25) is 19.7 Å². The second kappa shape index (κ2) is 10.6. The third kappa shape index (κ3) is 5.73. The van der Waals surface area contributed by atoms with Crippen molar-refractivity contribution >= 4 is 34.3 Å². The number of carbonyl (C=O) groups excluding carboxylic acids is 2. The summed E-state index contributed by atoms with van der Waals surface area (Å²) < 4.78 is 14.7. The lowest BCUT2D eigenvalue weighted by atomic mass is 10.0. The molecule has 3 N–H and O–H groups in total. The maximum absolute atomic E-state index is 14.7. The first-order chi connectivity index (χ1) is 15.4. The Morgan fingerprint density at radius 1 is 1.06 bits per heavy atom. The van der Waals surface area contributed by atoms with E-state index in [4.69, 9.17) is 5.11 Å². The van der Waals surface area contributed by atoms with Gasteiger partial charge in [-0.15, -0.1) is 10.2 Å². The summed E-state index contributed by atoms with van der Waals surface area (Å²) in [5.41, 5.74) is 1.41. The van der Waals surface area contributed by atoms with Crippen molar-refractivity contribution in [1.82, 2.24) is 15.5 Å². The molecule has 2 aromatic carbocycles. The highest BCUT2D eigenvalue weighted by molar-refractivity contribution is 7.18. The third-order valence-electron chi connectivity index (χ3n) is 4.56. The minimum atomic E-state index is -1.13. The Balaban J connectivity index is 1.68. The van der Waals surface area contributed by atoms with Crippen LogP contribution in [-0.2, 0) is 11.2 Å². The van der Waals surface area contributed by atoms with Gasteiger partial charge in [0.1, 0.15) is 17.4 Å². The Labute approximate surface area is 187 Å². The van der Waals surface area contributed by atoms with Gasteiger partial charge in [0.05, 0.1) is 5.56 Å². The number of hydrogen-bond acceptors (Lipinski definition) is 6. The molecule has 3 rings (SSSR count). The zero-order valence-corrected chi connectivity index (χ0v) is 18.0. The fourth-order valence-corrected chi connectivity index (χ4v) is 3.64. The van der Waals surface area contributed by atoms with E-state index in [0.29, 0.717) is 28.1 Å². The number of nitrogens with one attached hydrogen (secondary N) is 2. The monoisotopic (exact) mass is 456 g/mol. The molecule has 0 aliphatic rings. The molecule has 0 spiro atoms. The van der Waals surface area contributed by atoms with Crippen molar-refractivity contribution in [3.63, 3.8) is 0 Å². The highest BCUT2D eigenvalue weighted by Gasteiger charge is 2.17. The van der Waals surface area contributed by atoms with Crippen LogP contribution in [-0.4, -0.2) is 39.6 Å². The SMILES string of the molecule is CCCCc1cccc(C(=O)Nc2nnc(-c3ccc(C(=O)NCC(=O)O)cc3)s2)c1F. The van der Waals surface area contributed by atoms with Crippen LogP contribution in [0.15, 0.2) is 42.5 Å². The molecular weight excluding hydrogens is 435 g/mol. The van der Waals surface area contributed by atoms with E-state index in [9.17, 15) is 18.8 Å². The van der Waals surface area contributed by atoms with E-state index >= 15 is 0 Å². The molecule has 2 amide bonds. The van der Waals surface area contributed by atoms with Gasteiger partial charge in [-0.05, 0) is 36.6 Å². The second-order valence-electron chi connectivity index (χ2n) is 6.90. The largest absolute Gasteiger partial charge is 0.480 e. The van der Waals surface area contributed by atoms with E-state index in [1.165, 1.54) is 18.2 Å². The molecule has 8 nitrogen and oxygen atoms in total. The quantitative estimate of drug-likeness (QED) is 0.451. The summed E-state index contributed by atoms with van der Waals surface area (Å²) in [6.45, 7) is 1.55.